The van der Waals surface area contributed by atoms with Gasteiger partial charge in [-0.25, -0.2) is 0 Å². The third-order valence-electron chi connectivity index (χ3n) is 11.3. The molecule has 0 aliphatic carbocycles. The highest BCUT2D eigenvalue weighted by Crippen LogP contribution is 2.15. The zero-order valence-corrected chi connectivity index (χ0v) is 45.1. The predicted molar refractivity (Wildman–Crippen MR) is 298 cm³/mol. The van der Waals surface area contributed by atoms with E-state index in [0.29, 0.717) is 76.5 Å². The first-order valence-corrected chi connectivity index (χ1v) is 28.8. The summed E-state index contributed by atoms with van der Waals surface area (Å²) < 4.78 is 0. The van der Waals surface area contributed by atoms with Crippen molar-refractivity contribution >= 4 is 33.8 Å². The van der Waals surface area contributed by atoms with E-state index < -0.39 is 34.6 Å². The number of aliphatic hydroxyl groups excluding tert-OH is 4. The largest absolute Gasteiger partial charge is 0.391 e. The average molecular weight is 986 g/mol. The third-order valence-corrected chi connectivity index (χ3v) is 13.1. The molecule has 68 heavy (non-hydrogen) atoms. The molecule has 10 heteroatoms. The van der Waals surface area contributed by atoms with Gasteiger partial charge in [-0.2, -0.15) is 0 Å². The number of rotatable bonds is 46. The molecule has 0 fully saturated rings. The van der Waals surface area contributed by atoms with Gasteiger partial charge in [0.1, 0.15) is 0 Å². The highest BCUT2D eigenvalue weighted by Gasteiger charge is 2.20. The van der Waals surface area contributed by atoms with Crippen molar-refractivity contribution in [2.24, 2.45) is 0 Å². The monoisotopic (exact) mass is 985 g/mol. The summed E-state index contributed by atoms with van der Waals surface area (Å²) in [6, 6.07) is 0. The second-order valence-corrected chi connectivity index (χ2v) is 20.2. The molecule has 0 aromatic rings. The van der Waals surface area contributed by atoms with Crippen molar-refractivity contribution < 1.29 is 30.0 Å². The zero-order chi connectivity index (χ0) is 50.0. The highest BCUT2D eigenvalue weighted by atomic mass is 32.2. The normalized spacial score (nSPS) is 14.7. The first-order valence-electron chi connectivity index (χ1n) is 26.9. The van der Waals surface area contributed by atoms with E-state index in [-0.39, 0.29) is 0 Å². The van der Waals surface area contributed by atoms with Crippen molar-refractivity contribution in [1.29, 1.82) is 0 Å². The van der Waals surface area contributed by atoms with E-state index in [1.54, 1.807) is 0 Å². The van der Waals surface area contributed by atoms with Crippen molar-refractivity contribution in [3.05, 3.63) is 97.2 Å². The van der Waals surface area contributed by atoms with Crippen molar-refractivity contribution in [3.8, 4) is 0 Å². The number of allylic oxidation sites excluding steroid dienone is 12. The number of carbonyl (C=O) groups excluding carboxylic acids is 2. The molecule has 0 heterocycles. The predicted octanol–water partition coefficient (Wildman–Crippen LogP) is 13.4. The summed E-state index contributed by atoms with van der Waals surface area (Å²) in [6.45, 7) is 11.1. The van der Waals surface area contributed by atoms with E-state index in [9.17, 15) is 30.0 Å². The molecule has 4 unspecified atom stereocenters. The minimum absolute atomic E-state index is 0.349. The Bertz CT molecular complexity index is 1220. The number of unbranched alkanes of at least 4 members (excludes halogenated alkanes) is 12. The van der Waals surface area contributed by atoms with Crippen molar-refractivity contribution in [2.45, 2.75) is 206 Å². The molecule has 0 amide bonds. The summed E-state index contributed by atoms with van der Waals surface area (Å²) in [4.78, 5) is 30.1. The zero-order valence-electron chi connectivity index (χ0n) is 43.5. The fraction of sp³-hybridized carbons (Fsp3) is 0.690. The van der Waals surface area contributed by atoms with Crippen LogP contribution in [0.2, 0.25) is 0 Å². The summed E-state index contributed by atoms with van der Waals surface area (Å²) >= 11 is 1.95. The minimum atomic E-state index is -0.630. The molecule has 0 aliphatic rings. The van der Waals surface area contributed by atoms with Gasteiger partial charge in [-0.1, -0.05) is 200 Å². The smallest absolute Gasteiger partial charge is 0.266 e. The van der Waals surface area contributed by atoms with Gasteiger partial charge in [-0.15, -0.1) is 0 Å². The number of hydrogen-bond donors (Lipinski definition) is 4. The first kappa shape index (κ1) is 65.7. The molecular weight excluding hydrogens is 885 g/mol. The van der Waals surface area contributed by atoms with Crippen LogP contribution >= 0.6 is 23.5 Å². The maximum absolute atomic E-state index is 13.0. The second kappa shape index (κ2) is 51.1. The molecule has 4 atom stereocenters. The first-order chi connectivity index (χ1) is 33.2. The lowest BCUT2D eigenvalue weighted by atomic mass is 10.1. The molecule has 4 N–H and O–H groups in total. The molecule has 0 aromatic carbocycles. The summed E-state index contributed by atoms with van der Waals surface area (Å²) in [5, 5.41) is 42.7. The van der Waals surface area contributed by atoms with Gasteiger partial charge in [-0.3, -0.25) is 19.4 Å². The van der Waals surface area contributed by atoms with Gasteiger partial charge >= 0.3 is 0 Å². The van der Waals surface area contributed by atoms with Crippen molar-refractivity contribution in [1.82, 2.24) is 9.80 Å². The Hall–Kier alpha value is -2.28. The van der Waals surface area contributed by atoms with Gasteiger partial charge in [0.2, 0.25) is 0 Å². The lowest BCUT2D eigenvalue weighted by Gasteiger charge is -2.26. The molecule has 8 nitrogen and oxygen atoms in total. The van der Waals surface area contributed by atoms with Crippen LogP contribution in [0.4, 0.5) is 0 Å². The molecule has 0 aliphatic heterocycles. The van der Waals surface area contributed by atoms with E-state index in [2.05, 4.69) is 101 Å². The van der Waals surface area contributed by atoms with Crippen molar-refractivity contribution in [2.75, 3.05) is 50.8 Å². The average Bonchev–Trinajstić information content (AvgIpc) is 3.31. The topological polar surface area (TPSA) is 122 Å². The quantitative estimate of drug-likeness (QED) is 0.0266. The van der Waals surface area contributed by atoms with Crippen LogP contribution in [-0.4, -0.2) is 116 Å². The van der Waals surface area contributed by atoms with Crippen LogP contribution in [0.3, 0.4) is 0 Å². The van der Waals surface area contributed by atoms with Crippen LogP contribution in [0, 0.1) is 0 Å². The molecule has 0 spiro atoms. The number of carbonyl (C=O) groups is 2. The highest BCUT2D eigenvalue weighted by molar-refractivity contribution is 8.24. The van der Waals surface area contributed by atoms with Crippen LogP contribution in [-0.2, 0) is 9.59 Å². The van der Waals surface area contributed by atoms with Gasteiger partial charge in [0.05, 0.1) is 24.4 Å². The molecule has 0 saturated heterocycles. The Morgan fingerprint density at radius 2 is 0.603 bits per heavy atom. The molecule has 0 saturated carbocycles. The van der Waals surface area contributed by atoms with E-state index in [1.165, 1.54) is 77.0 Å². The van der Waals surface area contributed by atoms with Gasteiger partial charge in [-0.05, 0) is 103 Å². The van der Waals surface area contributed by atoms with Crippen LogP contribution in [0.15, 0.2) is 97.2 Å². The molecule has 0 aromatic heterocycles. The fourth-order valence-electron chi connectivity index (χ4n) is 7.27. The Morgan fingerprint density at radius 3 is 0.838 bits per heavy atom. The molecular formula is C58H100N2O6S2. The summed E-state index contributed by atoms with van der Waals surface area (Å²) in [6.07, 6.45) is 55.7. The summed E-state index contributed by atoms with van der Waals surface area (Å²) in [5.41, 5.74) is 0. The Kier molecular flexibility index (Phi) is 49.4. The van der Waals surface area contributed by atoms with E-state index in [1.807, 2.05) is 34.1 Å². The second-order valence-electron chi connectivity index (χ2n) is 18.0. The van der Waals surface area contributed by atoms with Gasteiger partial charge < -0.3 is 20.4 Å². The lowest BCUT2D eigenvalue weighted by molar-refractivity contribution is -0.126. The van der Waals surface area contributed by atoms with Gasteiger partial charge in [0.25, 0.3) is 10.2 Å². The Morgan fingerprint density at radius 1 is 0.368 bits per heavy atom. The third kappa shape index (κ3) is 46.1. The molecule has 390 valence electrons. The summed E-state index contributed by atoms with van der Waals surface area (Å²) in [5.74, 6) is 0.716. The number of aliphatic hydroxyl groups is 4. The molecule has 0 radical (unpaired) electrons. The number of nitrogens with zero attached hydrogens (tertiary/aromatic N) is 2. The van der Waals surface area contributed by atoms with E-state index in [0.717, 1.165) is 74.9 Å². The Balaban J connectivity index is 5.34. The van der Waals surface area contributed by atoms with Gasteiger partial charge in [0.15, 0.2) is 0 Å². The Labute approximate surface area is 425 Å². The summed E-state index contributed by atoms with van der Waals surface area (Å²) in [7, 11) is 0. The van der Waals surface area contributed by atoms with Crippen LogP contribution in [0.5, 0.6) is 0 Å². The van der Waals surface area contributed by atoms with Gasteiger partial charge in [0, 0.05) is 50.8 Å². The fourth-order valence-corrected chi connectivity index (χ4v) is 8.93. The molecule has 0 rings (SSSR count). The van der Waals surface area contributed by atoms with E-state index >= 15 is 0 Å². The minimum Gasteiger partial charge on any atom is -0.391 e. The SMILES string of the molecule is CCCCC/C=C\C/C=C\CC(O)CN(CCSC(=O)C(=O)SCCN(CC(O)C/C=C\C/C=C\CCCCC)CC(O)C/C=C\C/C=C\CCCCC)CC(O)C/C=C\C/C=C\CCCCC. The number of hydrogen-bond acceptors (Lipinski definition) is 10. The van der Waals surface area contributed by atoms with Crippen molar-refractivity contribution in [3.63, 3.8) is 0 Å². The number of thioether (sulfide) groups is 2. The standard InChI is InChI=1S/C58H100N2O6S2/c1-5-9-13-17-21-25-29-33-37-41-53(61)49-59(50-54(62)42-38-34-30-26-22-18-14-10-6-2)45-47-67-57(65)58(66)68-48-46-60(51-55(63)43-39-35-31-27-23-19-15-11-7-3)52-56(64)44-40-36-32-28-24-20-16-12-8-4/h21-28,33-40,53-56,61-64H,5-20,29-32,41-52H2,1-4H3/b25-21-,26-22-,27-23-,28-24-,37-33-,38-34-,39-35-,40-36-. The molecule has 0 bridgehead atoms. The van der Waals surface area contributed by atoms with E-state index in [4.69, 9.17) is 0 Å². The van der Waals surface area contributed by atoms with Crippen LogP contribution in [0.25, 0.3) is 0 Å². The van der Waals surface area contributed by atoms with Crippen LogP contribution < -0.4 is 0 Å². The maximum Gasteiger partial charge on any atom is 0.266 e. The van der Waals surface area contributed by atoms with Crippen LogP contribution in [0.1, 0.15) is 182 Å². The maximum atomic E-state index is 13.0. The lowest BCUT2D eigenvalue weighted by Crippen LogP contribution is -2.39.